The van der Waals surface area contributed by atoms with Gasteiger partial charge in [-0.05, 0) is 25.3 Å². The topological polar surface area (TPSA) is 15.3 Å². The normalized spacial score (nSPS) is 24.9. The summed E-state index contributed by atoms with van der Waals surface area (Å²) in [7, 11) is 0. The molecule has 0 radical (unpaired) electrons. The lowest BCUT2D eigenvalue weighted by Crippen LogP contribution is -2.49. The second kappa shape index (κ2) is 7.01. The summed E-state index contributed by atoms with van der Waals surface area (Å²) >= 11 is 2.15. The number of nitrogens with zero attached hydrogens (tertiary/aromatic N) is 1. The molecule has 1 fully saturated rings. The van der Waals surface area contributed by atoms with Crippen molar-refractivity contribution in [3.63, 3.8) is 0 Å². The molecule has 0 spiro atoms. The molecule has 1 saturated heterocycles. The number of nitrogens with one attached hydrogen (secondary N) is 1. The minimum absolute atomic E-state index is 0.357. The Balaban J connectivity index is 2.45. The average molecular weight is 258 g/mol. The molecule has 1 N–H and O–H groups in total. The first-order chi connectivity index (χ1) is 7.99. The first-order valence-electron chi connectivity index (χ1n) is 7.07. The van der Waals surface area contributed by atoms with Crippen molar-refractivity contribution in [1.29, 1.82) is 0 Å². The minimum Gasteiger partial charge on any atom is -0.314 e. The molecule has 2 nitrogen and oxygen atoms in total. The Hall–Kier alpha value is 0.270. The fourth-order valence-corrected chi connectivity index (χ4v) is 3.72. The Labute approximate surface area is 112 Å². The van der Waals surface area contributed by atoms with Crippen LogP contribution in [-0.2, 0) is 0 Å². The van der Waals surface area contributed by atoms with Crippen molar-refractivity contribution in [2.45, 2.75) is 52.3 Å². The summed E-state index contributed by atoms with van der Waals surface area (Å²) in [5, 5.41) is 4.42. The van der Waals surface area contributed by atoms with Gasteiger partial charge < -0.3 is 10.2 Å². The van der Waals surface area contributed by atoms with Gasteiger partial charge in [0.05, 0.1) is 0 Å². The van der Waals surface area contributed by atoms with Crippen LogP contribution in [0.25, 0.3) is 0 Å². The summed E-state index contributed by atoms with van der Waals surface area (Å²) in [5.41, 5.74) is 0.357. The largest absolute Gasteiger partial charge is 0.314 e. The molecule has 17 heavy (non-hydrogen) atoms. The summed E-state index contributed by atoms with van der Waals surface area (Å²) in [6, 6.07) is 0.585. The van der Waals surface area contributed by atoms with Gasteiger partial charge in [0.1, 0.15) is 0 Å². The van der Waals surface area contributed by atoms with E-state index in [4.69, 9.17) is 0 Å². The van der Waals surface area contributed by atoms with Crippen LogP contribution in [-0.4, -0.2) is 48.1 Å². The molecule has 1 rings (SSSR count). The van der Waals surface area contributed by atoms with Gasteiger partial charge in [0.15, 0.2) is 0 Å². The van der Waals surface area contributed by atoms with Crippen molar-refractivity contribution < 1.29 is 0 Å². The second-order valence-corrected chi connectivity index (χ2v) is 7.31. The third-order valence-electron chi connectivity index (χ3n) is 3.99. The van der Waals surface area contributed by atoms with Gasteiger partial charge in [0.2, 0.25) is 0 Å². The Bertz CT molecular complexity index is 218. The SMILES string of the molecule is CCNC(C)C(C)(C)CN1CCSC(CC)C1. The predicted octanol–water partition coefficient (Wildman–Crippen LogP) is 2.84. The van der Waals surface area contributed by atoms with Crippen LogP contribution in [0.5, 0.6) is 0 Å². The fourth-order valence-electron chi connectivity index (χ4n) is 2.47. The van der Waals surface area contributed by atoms with E-state index < -0.39 is 0 Å². The van der Waals surface area contributed by atoms with Crippen molar-refractivity contribution in [2.24, 2.45) is 5.41 Å². The third-order valence-corrected chi connectivity index (χ3v) is 5.36. The smallest absolute Gasteiger partial charge is 0.0172 e. The van der Waals surface area contributed by atoms with Crippen molar-refractivity contribution in [3.8, 4) is 0 Å². The maximum atomic E-state index is 3.57. The van der Waals surface area contributed by atoms with E-state index in [9.17, 15) is 0 Å². The highest BCUT2D eigenvalue weighted by Crippen LogP contribution is 2.27. The molecule has 0 amide bonds. The molecule has 1 heterocycles. The van der Waals surface area contributed by atoms with E-state index in [1.54, 1.807) is 0 Å². The molecule has 1 aliphatic rings. The summed E-state index contributed by atoms with van der Waals surface area (Å²) in [6.45, 7) is 16.4. The quantitative estimate of drug-likeness (QED) is 0.789. The molecule has 102 valence electrons. The van der Waals surface area contributed by atoms with Crippen LogP contribution < -0.4 is 5.32 Å². The molecule has 0 bridgehead atoms. The molecule has 2 unspecified atom stereocenters. The summed E-state index contributed by atoms with van der Waals surface area (Å²) in [5.74, 6) is 1.31. The van der Waals surface area contributed by atoms with Gasteiger partial charge in [0.25, 0.3) is 0 Å². The zero-order valence-electron chi connectivity index (χ0n) is 12.3. The summed E-state index contributed by atoms with van der Waals surface area (Å²) < 4.78 is 0. The van der Waals surface area contributed by atoms with Gasteiger partial charge in [-0.2, -0.15) is 11.8 Å². The second-order valence-electron chi connectivity index (χ2n) is 5.90. The van der Waals surface area contributed by atoms with Gasteiger partial charge in [-0.25, -0.2) is 0 Å². The van der Waals surface area contributed by atoms with Crippen LogP contribution in [0.4, 0.5) is 0 Å². The number of thioether (sulfide) groups is 1. The van der Waals surface area contributed by atoms with Crippen LogP contribution in [0.15, 0.2) is 0 Å². The van der Waals surface area contributed by atoms with Crippen LogP contribution in [0.1, 0.15) is 41.0 Å². The van der Waals surface area contributed by atoms with Gasteiger partial charge in [-0.3, -0.25) is 0 Å². The van der Waals surface area contributed by atoms with Crippen molar-refractivity contribution >= 4 is 11.8 Å². The molecule has 0 aromatic carbocycles. The first kappa shape index (κ1) is 15.3. The third kappa shape index (κ3) is 4.80. The van der Waals surface area contributed by atoms with E-state index >= 15 is 0 Å². The monoisotopic (exact) mass is 258 g/mol. The van der Waals surface area contributed by atoms with Crippen LogP contribution in [0, 0.1) is 5.41 Å². The zero-order valence-corrected chi connectivity index (χ0v) is 13.1. The molecular weight excluding hydrogens is 228 g/mol. The summed E-state index contributed by atoms with van der Waals surface area (Å²) in [4.78, 5) is 2.67. The van der Waals surface area contributed by atoms with E-state index in [-0.39, 0.29) is 0 Å². The molecule has 0 aliphatic carbocycles. The predicted molar refractivity (Wildman–Crippen MR) is 79.9 cm³/mol. The zero-order chi connectivity index (χ0) is 12.9. The molecule has 0 aromatic rings. The number of hydrogen-bond acceptors (Lipinski definition) is 3. The highest BCUT2D eigenvalue weighted by molar-refractivity contribution is 8.00. The van der Waals surface area contributed by atoms with E-state index in [0.717, 1.165) is 11.8 Å². The maximum Gasteiger partial charge on any atom is 0.0172 e. The molecular formula is C14H30N2S. The standard InChI is InChI=1S/C14H30N2S/c1-6-13-10-16(8-9-17-13)11-14(4,5)12(3)15-7-2/h12-13,15H,6-11H2,1-5H3. The molecule has 0 aromatic heterocycles. The number of hydrogen-bond donors (Lipinski definition) is 1. The van der Waals surface area contributed by atoms with Gasteiger partial charge >= 0.3 is 0 Å². The van der Waals surface area contributed by atoms with Crippen molar-refractivity contribution in [2.75, 3.05) is 31.9 Å². The number of rotatable bonds is 6. The lowest BCUT2D eigenvalue weighted by molar-refractivity contribution is 0.146. The average Bonchev–Trinajstić information content (AvgIpc) is 2.29. The highest BCUT2D eigenvalue weighted by atomic mass is 32.2. The van der Waals surface area contributed by atoms with Crippen LogP contribution in [0.3, 0.4) is 0 Å². The molecule has 1 aliphatic heterocycles. The fraction of sp³-hybridized carbons (Fsp3) is 1.00. The maximum absolute atomic E-state index is 3.57. The Morgan fingerprint density at radius 2 is 2.12 bits per heavy atom. The van der Waals surface area contributed by atoms with E-state index in [1.165, 1.54) is 31.8 Å². The Kier molecular flexibility index (Phi) is 6.32. The van der Waals surface area contributed by atoms with E-state index in [1.807, 2.05) is 0 Å². The van der Waals surface area contributed by atoms with Gasteiger partial charge in [-0.1, -0.05) is 27.7 Å². The molecule has 0 saturated carbocycles. The van der Waals surface area contributed by atoms with Crippen LogP contribution >= 0.6 is 11.8 Å². The highest BCUT2D eigenvalue weighted by Gasteiger charge is 2.30. The van der Waals surface area contributed by atoms with E-state index in [2.05, 4.69) is 56.6 Å². The molecule has 3 heteroatoms. The lowest BCUT2D eigenvalue weighted by atomic mass is 9.84. The minimum atomic E-state index is 0.357. The van der Waals surface area contributed by atoms with E-state index in [0.29, 0.717) is 11.5 Å². The first-order valence-corrected chi connectivity index (χ1v) is 8.11. The Morgan fingerprint density at radius 1 is 1.41 bits per heavy atom. The van der Waals surface area contributed by atoms with Crippen LogP contribution in [0.2, 0.25) is 0 Å². The summed E-state index contributed by atoms with van der Waals surface area (Å²) in [6.07, 6.45) is 1.31. The lowest BCUT2D eigenvalue weighted by Gasteiger charge is -2.40. The van der Waals surface area contributed by atoms with Gasteiger partial charge in [-0.15, -0.1) is 0 Å². The van der Waals surface area contributed by atoms with Crippen molar-refractivity contribution in [3.05, 3.63) is 0 Å². The van der Waals surface area contributed by atoms with Gasteiger partial charge in [0, 0.05) is 36.7 Å². The molecule has 2 atom stereocenters. The Morgan fingerprint density at radius 3 is 2.71 bits per heavy atom. The van der Waals surface area contributed by atoms with Crippen molar-refractivity contribution in [1.82, 2.24) is 10.2 Å².